The minimum atomic E-state index is -0.316. The Hall–Kier alpha value is -2.70. The van der Waals surface area contributed by atoms with Gasteiger partial charge in [0, 0.05) is 13.1 Å². The molecule has 2 aromatic rings. The number of methoxy groups -OCH3 is 1. The Morgan fingerprint density at radius 3 is 2.46 bits per heavy atom. The second-order valence-electron chi connectivity index (χ2n) is 6.34. The molecular formula is C19H22FN3O3. The average Bonchev–Trinajstić information content (AvgIpc) is 3.11. The number of carbonyl (C=O) groups is 2. The molecule has 3 rings (SSSR count). The quantitative estimate of drug-likeness (QED) is 0.787. The number of halogens is 1. The van der Waals surface area contributed by atoms with E-state index in [4.69, 9.17) is 4.74 Å². The highest BCUT2D eigenvalue weighted by atomic mass is 19.1. The fourth-order valence-electron chi connectivity index (χ4n) is 3.35. The molecule has 1 aliphatic heterocycles. The van der Waals surface area contributed by atoms with Gasteiger partial charge in [0.15, 0.2) is 0 Å². The summed E-state index contributed by atoms with van der Waals surface area (Å²) in [7, 11) is 1.39. The maximum Gasteiger partial charge on any atom is 0.308 e. The van der Waals surface area contributed by atoms with Crippen molar-refractivity contribution in [2.75, 3.05) is 20.2 Å². The highest BCUT2D eigenvalue weighted by Gasteiger charge is 2.30. The number of nitrogens with zero attached hydrogens (tertiary/aromatic N) is 3. The van der Waals surface area contributed by atoms with Crippen molar-refractivity contribution in [3.63, 3.8) is 0 Å². The molecule has 0 atom stereocenters. The second kappa shape index (κ2) is 7.68. The van der Waals surface area contributed by atoms with Crippen LogP contribution < -0.4 is 0 Å². The summed E-state index contributed by atoms with van der Waals surface area (Å²) in [6.45, 7) is 2.99. The van der Waals surface area contributed by atoms with E-state index in [0.717, 1.165) is 5.69 Å². The first-order valence-electron chi connectivity index (χ1n) is 8.75. The fraction of sp³-hybridized carbons (Fsp3) is 0.421. The Morgan fingerprint density at radius 1 is 1.23 bits per heavy atom. The van der Waals surface area contributed by atoms with Gasteiger partial charge < -0.3 is 9.64 Å². The molecule has 0 spiro atoms. The third-order valence-corrected chi connectivity index (χ3v) is 4.82. The van der Waals surface area contributed by atoms with Gasteiger partial charge in [-0.2, -0.15) is 5.10 Å². The summed E-state index contributed by atoms with van der Waals surface area (Å²) < 4.78 is 19.6. The number of aromatic nitrogens is 2. The Bertz CT molecular complexity index is 793. The van der Waals surface area contributed by atoms with Crippen molar-refractivity contribution in [2.24, 2.45) is 5.92 Å². The number of rotatable bonds is 4. The molecule has 0 radical (unpaired) electrons. The van der Waals surface area contributed by atoms with Gasteiger partial charge in [-0.25, -0.2) is 9.07 Å². The molecule has 1 aromatic heterocycles. The van der Waals surface area contributed by atoms with E-state index in [1.807, 2.05) is 6.92 Å². The summed E-state index contributed by atoms with van der Waals surface area (Å²) in [6.07, 6.45) is 3.39. The summed E-state index contributed by atoms with van der Waals surface area (Å²) in [4.78, 5) is 26.3. The Kier molecular flexibility index (Phi) is 5.35. The number of carbonyl (C=O) groups excluding carboxylic acids is 2. The van der Waals surface area contributed by atoms with E-state index in [9.17, 15) is 14.0 Å². The van der Waals surface area contributed by atoms with E-state index in [0.29, 0.717) is 43.6 Å². The van der Waals surface area contributed by atoms with E-state index in [-0.39, 0.29) is 23.6 Å². The minimum absolute atomic E-state index is 0.0847. The van der Waals surface area contributed by atoms with Gasteiger partial charge in [0.1, 0.15) is 5.82 Å². The molecule has 1 aromatic carbocycles. The van der Waals surface area contributed by atoms with Gasteiger partial charge in [-0.3, -0.25) is 9.59 Å². The fourth-order valence-corrected chi connectivity index (χ4v) is 3.35. The maximum atomic E-state index is 13.2. The number of amides is 1. The lowest BCUT2D eigenvalue weighted by atomic mass is 9.96. The van der Waals surface area contributed by atoms with Crippen LogP contribution in [-0.2, 0) is 16.0 Å². The van der Waals surface area contributed by atoms with Gasteiger partial charge in [0.25, 0.3) is 5.91 Å². The van der Waals surface area contributed by atoms with Crippen LogP contribution in [0.1, 0.15) is 35.8 Å². The lowest BCUT2D eigenvalue weighted by molar-refractivity contribution is -0.146. The van der Waals surface area contributed by atoms with Gasteiger partial charge in [-0.1, -0.05) is 6.92 Å². The number of hydrogen-bond donors (Lipinski definition) is 0. The van der Waals surface area contributed by atoms with Crippen LogP contribution in [0, 0.1) is 11.7 Å². The smallest absolute Gasteiger partial charge is 0.308 e. The molecule has 1 amide bonds. The first-order chi connectivity index (χ1) is 12.5. The molecule has 1 aliphatic rings. The number of likely N-dealkylation sites (tertiary alicyclic amines) is 1. The van der Waals surface area contributed by atoms with Crippen molar-refractivity contribution in [3.05, 3.63) is 47.5 Å². The van der Waals surface area contributed by atoms with Crippen molar-refractivity contribution in [1.29, 1.82) is 0 Å². The largest absolute Gasteiger partial charge is 0.469 e. The normalized spacial score (nSPS) is 15.1. The Balaban J connectivity index is 1.78. The number of benzene rings is 1. The highest BCUT2D eigenvalue weighted by Crippen LogP contribution is 2.23. The highest BCUT2D eigenvalue weighted by molar-refractivity contribution is 5.95. The Labute approximate surface area is 151 Å². The summed E-state index contributed by atoms with van der Waals surface area (Å²) >= 11 is 0. The molecule has 6 nitrogen and oxygen atoms in total. The summed E-state index contributed by atoms with van der Waals surface area (Å²) in [6, 6.07) is 6.01. The lowest BCUT2D eigenvalue weighted by Gasteiger charge is -2.30. The average molecular weight is 359 g/mol. The van der Waals surface area contributed by atoms with Crippen LogP contribution >= 0.6 is 0 Å². The van der Waals surface area contributed by atoms with Gasteiger partial charge >= 0.3 is 5.97 Å². The topological polar surface area (TPSA) is 64.4 Å². The van der Waals surface area contributed by atoms with Crippen LogP contribution in [0.3, 0.4) is 0 Å². The number of esters is 1. The van der Waals surface area contributed by atoms with Crippen molar-refractivity contribution in [3.8, 4) is 5.69 Å². The molecule has 0 N–H and O–H groups in total. The van der Waals surface area contributed by atoms with Crippen molar-refractivity contribution < 1.29 is 18.7 Å². The SMILES string of the molecule is CCc1c(C(=O)N2CCC(C(=O)OC)CC2)cnn1-c1ccc(F)cc1. The molecule has 0 unspecified atom stereocenters. The zero-order valence-electron chi connectivity index (χ0n) is 14.9. The summed E-state index contributed by atoms with van der Waals surface area (Å²) in [5.74, 6) is -0.755. The van der Waals surface area contributed by atoms with Crippen molar-refractivity contribution >= 4 is 11.9 Å². The van der Waals surface area contributed by atoms with E-state index >= 15 is 0 Å². The van der Waals surface area contributed by atoms with E-state index in [2.05, 4.69) is 5.10 Å². The standard InChI is InChI=1S/C19H22FN3O3/c1-3-17-16(12-21-23(17)15-6-4-14(20)5-7-15)18(24)22-10-8-13(9-11-22)19(25)26-2/h4-7,12-13H,3,8-11H2,1-2H3. The molecular weight excluding hydrogens is 337 g/mol. The van der Waals surface area contributed by atoms with Crippen molar-refractivity contribution in [2.45, 2.75) is 26.2 Å². The monoisotopic (exact) mass is 359 g/mol. The van der Waals surface area contributed by atoms with Gasteiger partial charge in [0.2, 0.25) is 0 Å². The summed E-state index contributed by atoms with van der Waals surface area (Å²) in [5, 5.41) is 4.33. The predicted molar refractivity (Wildman–Crippen MR) is 93.5 cm³/mol. The second-order valence-corrected chi connectivity index (χ2v) is 6.34. The molecule has 1 fully saturated rings. The van der Waals surface area contributed by atoms with Crippen LogP contribution in [-0.4, -0.2) is 46.8 Å². The van der Waals surface area contributed by atoms with Crippen LogP contribution in [0.4, 0.5) is 4.39 Å². The number of hydrogen-bond acceptors (Lipinski definition) is 4. The van der Waals surface area contributed by atoms with Gasteiger partial charge in [0.05, 0.1) is 36.2 Å². The van der Waals surface area contributed by atoms with Crippen LogP contribution in [0.5, 0.6) is 0 Å². The molecule has 26 heavy (non-hydrogen) atoms. The third-order valence-electron chi connectivity index (χ3n) is 4.82. The van der Waals surface area contributed by atoms with Crippen molar-refractivity contribution in [1.82, 2.24) is 14.7 Å². The predicted octanol–water partition coefficient (Wildman–Crippen LogP) is 2.60. The molecule has 138 valence electrons. The zero-order valence-corrected chi connectivity index (χ0v) is 14.9. The molecule has 0 bridgehead atoms. The van der Waals surface area contributed by atoms with Crippen LogP contribution in [0.25, 0.3) is 5.69 Å². The first-order valence-corrected chi connectivity index (χ1v) is 8.75. The third kappa shape index (κ3) is 3.47. The first kappa shape index (κ1) is 18.1. The molecule has 7 heteroatoms. The van der Waals surface area contributed by atoms with Crippen LogP contribution in [0.15, 0.2) is 30.5 Å². The molecule has 2 heterocycles. The van der Waals surface area contributed by atoms with E-state index < -0.39 is 0 Å². The number of ether oxygens (including phenoxy) is 1. The zero-order chi connectivity index (χ0) is 18.7. The minimum Gasteiger partial charge on any atom is -0.469 e. The molecule has 0 aliphatic carbocycles. The summed E-state index contributed by atoms with van der Waals surface area (Å²) in [5.41, 5.74) is 2.05. The number of piperidine rings is 1. The van der Waals surface area contributed by atoms with Gasteiger partial charge in [-0.15, -0.1) is 0 Å². The molecule has 1 saturated heterocycles. The van der Waals surface area contributed by atoms with Gasteiger partial charge in [-0.05, 0) is 43.5 Å². The van der Waals surface area contributed by atoms with E-state index in [1.165, 1.54) is 19.2 Å². The molecule has 0 saturated carbocycles. The van der Waals surface area contributed by atoms with Crippen LogP contribution in [0.2, 0.25) is 0 Å². The lowest BCUT2D eigenvalue weighted by Crippen LogP contribution is -2.40. The van der Waals surface area contributed by atoms with E-state index in [1.54, 1.807) is 27.9 Å². The Morgan fingerprint density at radius 2 is 1.88 bits per heavy atom. The maximum absolute atomic E-state index is 13.2.